The van der Waals surface area contributed by atoms with E-state index >= 15 is 0 Å². The molecule has 8 heteroatoms. The van der Waals surface area contributed by atoms with Crippen LogP contribution in [0.1, 0.15) is 51.2 Å². The lowest BCUT2D eigenvalue weighted by molar-refractivity contribution is -0.137. The van der Waals surface area contributed by atoms with Crippen molar-refractivity contribution in [1.82, 2.24) is 4.90 Å². The molecule has 4 nitrogen and oxygen atoms in total. The monoisotopic (exact) mass is 539 g/mol. The van der Waals surface area contributed by atoms with Gasteiger partial charge in [0, 0.05) is 36.9 Å². The van der Waals surface area contributed by atoms with Gasteiger partial charge in [-0.25, -0.2) is 0 Å². The van der Waals surface area contributed by atoms with Crippen LogP contribution in [-0.2, 0) is 15.7 Å². The summed E-state index contributed by atoms with van der Waals surface area (Å²) in [6.07, 6.45) is 12.0. The SMILES string of the molecule is C#C.C/C=C(\SCCN1CCC(=C/CC)/C(=C\COCC(O)OCC)CC1)c1ccc(C(F)(F)F)cc1. The Kier molecular flexibility index (Phi) is 16.3. The molecule has 1 unspecified atom stereocenters. The molecule has 0 radical (unpaired) electrons. The molecule has 0 aromatic heterocycles. The van der Waals surface area contributed by atoms with Crippen LogP contribution < -0.4 is 0 Å². The number of aliphatic hydroxyl groups is 1. The van der Waals surface area contributed by atoms with Crippen LogP contribution in [0.2, 0.25) is 0 Å². The third kappa shape index (κ3) is 12.4. The molecule has 1 atom stereocenters. The van der Waals surface area contributed by atoms with E-state index in [-0.39, 0.29) is 6.61 Å². The standard InChI is InChI=1S/C27H38F3NO3S.C2H2/c1-4-7-21-12-15-31(16-13-22(21)14-18-33-20-26(32)34-6-3)17-19-35-25(5-2)23-8-10-24(11-9-23)27(28,29)30;1-2/h5,7-11,14,26,32H,4,6,12-13,15-20H2,1-3H3;1-2H/b21-7-,22-14-,25-5-;. The maximum absolute atomic E-state index is 12.8. The van der Waals surface area contributed by atoms with E-state index < -0.39 is 18.0 Å². The van der Waals surface area contributed by atoms with E-state index in [1.54, 1.807) is 23.9 Å². The van der Waals surface area contributed by atoms with Gasteiger partial charge >= 0.3 is 6.18 Å². The topological polar surface area (TPSA) is 41.9 Å². The van der Waals surface area contributed by atoms with Crippen molar-refractivity contribution in [2.75, 3.05) is 45.2 Å². The lowest BCUT2D eigenvalue weighted by atomic mass is 10.00. The molecule has 0 amide bonds. The maximum atomic E-state index is 12.8. The van der Waals surface area contributed by atoms with Crippen LogP contribution >= 0.6 is 11.8 Å². The normalized spacial score (nSPS) is 18.4. The van der Waals surface area contributed by atoms with Crippen LogP contribution in [0.3, 0.4) is 0 Å². The Hall–Kier alpha value is -2.02. The predicted octanol–water partition coefficient (Wildman–Crippen LogP) is 6.78. The van der Waals surface area contributed by atoms with Gasteiger partial charge in [0.25, 0.3) is 0 Å². The van der Waals surface area contributed by atoms with Crippen LogP contribution in [0.5, 0.6) is 0 Å². The van der Waals surface area contributed by atoms with E-state index in [2.05, 4.69) is 36.8 Å². The largest absolute Gasteiger partial charge is 0.416 e. The lowest BCUT2D eigenvalue weighted by Crippen LogP contribution is -2.27. The Labute approximate surface area is 224 Å². The van der Waals surface area contributed by atoms with Crippen molar-refractivity contribution in [3.63, 3.8) is 0 Å². The van der Waals surface area contributed by atoms with Crippen molar-refractivity contribution in [2.24, 2.45) is 0 Å². The van der Waals surface area contributed by atoms with Gasteiger partial charge in [0.2, 0.25) is 0 Å². The first-order valence-electron chi connectivity index (χ1n) is 12.6. The van der Waals surface area contributed by atoms with Gasteiger partial charge in [-0.05, 0) is 62.0 Å². The molecule has 1 heterocycles. The summed E-state index contributed by atoms with van der Waals surface area (Å²) in [6.45, 7) is 9.75. The minimum absolute atomic E-state index is 0.153. The number of hydrogen-bond donors (Lipinski definition) is 1. The zero-order chi connectivity index (χ0) is 27.7. The van der Waals surface area contributed by atoms with Gasteiger partial charge in [-0.2, -0.15) is 13.2 Å². The van der Waals surface area contributed by atoms with Crippen molar-refractivity contribution in [2.45, 2.75) is 52.5 Å². The molecule has 0 saturated carbocycles. The van der Waals surface area contributed by atoms with Crippen LogP contribution in [0.4, 0.5) is 13.2 Å². The number of ether oxygens (including phenoxy) is 2. The van der Waals surface area contributed by atoms with E-state index in [0.29, 0.717) is 13.2 Å². The molecule has 37 heavy (non-hydrogen) atoms. The van der Waals surface area contributed by atoms with Crippen molar-refractivity contribution in [3.8, 4) is 12.8 Å². The first-order valence-corrected chi connectivity index (χ1v) is 13.5. The molecule has 0 bridgehead atoms. The summed E-state index contributed by atoms with van der Waals surface area (Å²) < 4.78 is 49.1. The van der Waals surface area contributed by atoms with Gasteiger partial charge in [0.05, 0.1) is 18.8 Å². The van der Waals surface area contributed by atoms with Gasteiger partial charge in [0.15, 0.2) is 6.29 Å². The molecule has 1 saturated heterocycles. The van der Waals surface area contributed by atoms with Crippen LogP contribution in [0, 0.1) is 12.8 Å². The first kappa shape index (κ1) is 33.0. The number of likely N-dealkylation sites (tertiary alicyclic amines) is 1. The van der Waals surface area contributed by atoms with Gasteiger partial charge in [-0.3, -0.25) is 0 Å². The summed E-state index contributed by atoms with van der Waals surface area (Å²) in [4.78, 5) is 3.43. The van der Waals surface area contributed by atoms with E-state index in [0.717, 1.165) is 67.3 Å². The van der Waals surface area contributed by atoms with Gasteiger partial charge < -0.3 is 19.5 Å². The molecule has 1 fully saturated rings. The summed E-state index contributed by atoms with van der Waals surface area (Å²) in [7, 11) is 0. The second kappa shape index (κ2) is 18.3. The fourth-order valence-corrected chi connectivity index (χ4v) is 4.98. The minimum atomic E-state index is -4.32. The molecule has 1 aliphatic heterocycles. The van der Waals surface area contributed by atoms with Gasteiger partial charge in [0.1, 0.15) is 0 Å². The molecule has 1 aromatic rings. The summed E-state index contributed by atoms with van der Waals surface area (Å²) in [6, 6.07) is 5.38. The number of alkyl halides is 3. The Morgan fingerprint density at radius 3 is 2.27 bits per heavy atom. The molecule has 1 aliphatic rings. The summed E-state index contributed by atoms with van der Waals surface area (Å²) in [5, 5.41) is 9.62. The number of benzene rings is 1. The predicted molar refractivity (Wildman–Crippen MR) is 148 cm³/mol. The average molecular weight is 540 g/mol. The highest BCUT2D eigenvalue weighted by Gasteiger charge is 2.30. The van der Waals surface area contributed by atoms with E-state index in [1.807, 2.05) is 19.9 Å². The quantitative estimate of drug-likeness (QED) is 0.180. The minimum Gasteiger partial charge on any atom is -0.372 e. The Balaban J connectivity index is 0.00000334. The first-order chi connectivity index (χ1) is 17.8. The number of aliphatic hydroxyl groups excluding tert-OH is 1. The number of hydrogen-bond acceptors (Lipinski definition) is 5. The summed E-state index contributed by atoms with van der Waals surface area (Å²) in [5.41, 5.74) is 2.85. The fourth-order valence-electron chi connectivity index (χ4n) is 3.94. The van der Waals surface area contributed by atoms with E-state index in [1.165, 1.54) is 11.1 Å². The van der Waals surface area contributed by atoms with Crippen LogP contribution in [0.25, 0.3) is 4.91 Å². The molecule has 1 aromatic carbocycles. The van der Waals surface area contributed by atoms with E-state index in [9.17, 15) is 18.3 Å². The summed E-state index contributed by atoms with van der Waals surface area (Å²) >= 11 is 1.68. The summed E-state index contributed by atoms with van der Waals surface area (Å²) in [5.74, 6) is 0.866. The van der Waals surface area contributed by atoms with Crippen molar-refractivity contribution < 1.29 is 27.8 Å². The lowest BCUT2D eigenvalue weighted by Gasteiger charge is -2.19. The molecular formula is C29H40F3NO3S. The number of nitrogens with zero attached hydrogens (tertiary/aromatic N) is 1. The smallest absolute Gasteiger partial charge is 0.372 e. The third-order valence-electron chi connectivity index (χ3n) is 5.75. The highest BCUT2D eigenvalue weighted by atomic mass is 32.2. The molecule has 1 N–H and O–H groups in total. The Morgan fingerprint density at radius 2 is 1.73 bits per heavy atom. The number of terminal acetylenes is 1. The zero-order valence-electron chi connectivity index (χ0n) is 22.1. The number of allylic oxidation sites excluding steroid dienone is 2. The second-order valence-electron chi connectivity index (χ2n) is 8.23. The van der Waals surface area contributed by atoms with Crippen LogP contribution in [-0.4, -0.2) is 61.5 Å². The molecule has 0 aliphatic carbocycles. The molecule has 206 valence electrons. The number of thioether (sulfide) groups is 1. The fraction of sp³-hybridized carbons (Fsp3) is 0.517. The third-order valence-corrected chi connectivity index (χ3v) is 6.92. The highest BCUT2D eigenvalue weighted by Crippen LogP contribution is 2.33. The Bertz CT molecular complexity index is 892. The van der Waals surface area contributed by atoms with Gasteiger partial charge in [-0.15, -0.1) is 24.6 Å². The van der Waals surface area contributed by atoms with E-state index in [4.69, 9.17) is 9.47 Å². The molecule has 0 spiro atoms. The number of halogens is 3. The van der Waals surface area contributed by atoms with Crippen molar-refractivity contribution >= 4 is 16.7 Å². The molecule has 2 rings (SSSR count). The van der Waals surface area contributed by atoms with Crippen molar-refractivity contribution in [1.29, 1.82) is 0 Å². The Morgan fingerprint density at radius 1 is 1.11 bits per heavy atom. The van der Waals surface area contributed by atoms with Crippen molar-refractivity contribution in [3.05, 3.63) is 64.8 Å². The highest BCUT2D eigenvalue weighted by molar-refractivity contribution is 8.08. The molecular weight excluding hydrogens is 499 g/mol. The average Bonchev–Trinajstić information content (AvgIpc) is 3.08. The van der Waals surface area contributed by atoms with Gasteiger partial charge in [-0.1, -0.05) is 37.3 Å². The maximum Gasteiger partial charge on any atom is 0.416 e. The second-order valence-corrected chi connectivity index (χ2v) is 9.37. The zero-order valence-corrected chi connectivity index (χ0v) is 22.9. The number of rotatable bonds is 12. The van der Waals surface area contributed by atoms with Crippen LogP contribution in [0.15, 0.2) is 53.6 Å².